The first-order valence-corrected chi connectivity index (χ1v) is 7.21. The van der Waals surface area contributed by atoms with Crippen molar-refractivity contribution < 1.29 is 27.1 Å². The summed E-state index contributed by atoms with van der Waals surface area (Å²) in [5.41, 5.74) is 3.77. The van der Waals surface area contributed by atoms with E-state index in [-0.39, 0.29) is 17.5 Å². The number of rotatable bonds is 3. The van der Waals surface area contributed by atoms with Gasteiger partial charge in [0.2, 0.25) is 5.89 Å². The number of nitrogens with one attached hydrogen (secondary N) is 1. The molecule has 1 unspecified atom stereocenters. The van der Waals surface area contributed by atoms with Crippen LogP contribution < -0.4 is 11.1 Å². The summed E-state index contributed by atoms with van der Waals surface area (Å²) in [5, 5.41) is 9.52. The third kappa shape index (κ3) is 5.10. The highest BCUT2D eigenvalue weighted by Gasteiger charge is 2.32. The second kappa shape index (κ2) is 6.61. The minimum absolute atomic E-state index is 0.0873. The molecule has 1 aromatic carbocycles. The molecule has 1 aromatic heterocycles. The van der Waals surface area contributed by atoms with E-state index in [1.807, 2.05) is 0 Å². The molecule has 136 valence electrons. The van der Waals surface area contributed by atoms with Crippen molar-refractivity contribution >= 4 is 12.1 Å². The summed E-state index contributed by atoms with van der Waals surface area (Å²) in [4.78, 5) is 12.0. The van der Waals surface area contributed by atoms with Crippen LogP contribution >= 0.6 is 0 Å². The van der Waals surface area contributed by atoms with Gasteiger partial charge in [0.1, 0.15) is 11.6 Å². The largest absolute Gasteiger partial charge is 0.444 e. The van der Waals surface area contributed by atoms with Gasteiger partial charge in [-0.3, -0.25) is 0 Å². The average Bonchev–Trinajstić information content (AvgIpc) is 2.88. The number of nitrogen functional groups attached to an aromatic ring is 1. The lowest BCUT2D eigenvalue weighted by Gasteiger charge is -2.22. The van der Waals surface area contributed by atoms with Crippen LogP contribution in [-0.4, -0.2) is 21.9 Å². The average molecular weight is 358 g/mol. The van der Waals surface area contributed by atoms with E-state index in [2.05, 4.69) is 15.5 Å². The molecule has 0 radical (unpaired) electrons. The second-order valence-corrected chi connectivity index (χ2v) is 6.18. The van der Waals surface area contributed by atoms with Gasteiger partial charge < -0.3 is 20.2 Å². The normalized spacial score (nSPS) is 13.4. The number of nitrogens with zero attached hydrogens (tertiary/aromatic N) is 2. The van der Waals surface area contributed by atoms with Crippen molar-refractivity contribution in [3.8, 4) is 0 Å². The number of amides is 1. The highest BCUT2D eigenvalue weighted by atomic mass is 19.4. The lowest BCUT2D eigenvalue weighted by Crippen LogP contribution is -2.35. The van der Waals surface area contributed by atoms with Gasteiger partial charge in [0.15, 0.2) is 0 Å². The van der Waals surface area contributed by atoms with Gasteiger partial charge >= 0.3 is 18.3 Å². The first-order valence-electron chi connectivity index (χ1n) is 7.21. The minimum atomic E-state index is -4.54. The SMILES string of the molecule is CC(C)(C)OC(=O)NC(c1cccc(C(F)(F)F)c1)c1nnc(N)o1. The van der Waals surface area contributed by atoms with E-state index in [9.17, 15) is 18.0 Å². The van der Waals surface area contributed by atoms with Gasteiger partial charge in [-0.2, -0.15) is 13.2 Å². The monoisotopic (exact) mass is 358 g/mol. The number of hydrogen-bond donors (Lipinski definition) is 2. The Morgan fingerprint density at radius 3 is 2.48 bits per heavy atom. The van der Waals surface area contributed by atoms with Crippen LogP contribution in [0.15, 0.2) is 28.7 Å². The number of carbonyl (C=O) groups is 1. The van der Waals surface area contributed by atoms with Crippen LogP contribution in [0.4, 0.5) is 24.0 Å². The third-order valence-corrected chi connectivity index (χ3v) is 2.91. The molecule has 1 heterocycles. The molecule has 3 N–H and O–H groups in total. The van der Waals surface area contributed by atoms with E-state index < -0.39 is 29.5 Å². The number of ether oxygens (including phenoxy) is 1. The zero-order chi connectivity index (χ0) is 18.8. The maximum absolute atomic E-state index is 12.9. The van der Waals surface area contributed by atoms with Crippen LogP contribution in [0.5, 0.6) is 0 Å². The number of nitrogens with two attached hydrogens (primary N) is 1. The summed E-state index contributed by atoms with van der Waals surface area (Å²) in [7, 11) is 0. The Kier molecular flexibility index (Phi) is 4.91. The standard InChI is InChI=1S/C15H17F3N4O3/c1-14(2,3)25-13(23)20-10(11-21-22-12(19)24-11)8-5-4-6-9(7-8)15(16,17)18/h4-7,10H,1-3H3,(H2,19,22)(H,20,23). The predicted molar refractivity (Wildman–Crippen MR) is 81.4 cm³/mol. The van der Waals surface area contributed by atoms with E-state index >= 15 is 0 Å². The minimum Gasteiger partial charge on any atom is -0.444 e. The number of halogens is 3. The molecule has 0 aliphatic heterocycles. The van der Waals surface area contributed by atoms with Crippen LogP contribution in [0.25, 0.3) is 0 Å². The number of hydrogen-bond acceptors (Lipinski definition) is 6. The number of anilines is 1. The smallest absolute Gasteiger partial charge is 0.416 e. The first kappa shape index (κ1) is 18.6. The van der Waals surface area contributed by atoms with Crippen LogP contribution in [0.3, 0.4) is 0 Å². The molecule has 1 atom stereocenters. The van der Waals surface area contributed by atoms with Crippen molar-refractivity contribution in [1.29, 1.82) is 0 Å². The van der Waals surface area contributed by atoms with E-state index in [0.717, 1.165) is 12.1 Å². The summed E-state index contributed by atoms with van der Waals surface area (Å²) in [6, 6.07) is 2.96. The summed E-state index contributed by atoms with van der Waals surface area (Å²) in [5.74, 6) is -0.164. The molecular weight excluding hydrogens is 341 g/mol. The van der Waals surface area contributed by atoms with E-state index in [0.29, 0.717) is 0 Å². The van der Waals surface area contributed by atoms with Crippen molar-refractivity contribution in [2.75, 3.05) is 5.73 Å². The topological polar surface area (TPSA) is 103 Å². The highest BCUT2D eigenvalue weighted by molar-refractivity contribution is 5.69. The molecule has 2 rings (SSSR count). The van der Waals surface area contributed by atoms with Crippen molar-refractivity contribution in [3.05, 3.63) is 41.3 Å². The van der Waals surface area contributed by atoms with Crippen LogP contribution in [-0.2, 0) is 10.9 Å². The maximum Gasteiger partial charge on any atom is 0.416 e. The van der Waals surface area contributed by atoms with Gasteiger partial charge in [0, 0.05) is 0 Å². The Balaban J connectivity index is 2.37. The van der Waals surface area contributed by atoms with Crippen molar-refractivity contribution in [3.63, 3.8) is 0 Å². The number of carbonyl (C=O) groups excluding carboxylic acids is 1. The molecule has 0 fully saturated rings. The quantitative estimate of drug-likeness (QED) is 0.873. The number of benzene rings is 1. The summed E-state index contributed by atoms with van der Waals surface area (Å²) < 4.78 is 49.0. The van der Waals surface area contributed by atoms with Crippen LogP contribution in [0.2, 0.25) is 0 Å². The molecule has 0 saturated carbocycles. The first-order chi connectivity index (χ1) is 11.5. The molecule has 7 nitrogen and oxygen atoms in total. The Labute approximate surface area is 141 Å². The van der Waals surface area contributed by atoms with Crippen molar-refractivity contribution in [2.24, 2.45) is 0 Å². The van der Waals surface area contributed by atoms with Gasteiger partial charge in [0.25, 0.3) is 0 Å². The predicted octanol–water partition coefficient (Wildman–Crippen LogP) is 3.28. The molecule has 10 heteroatoms. The Bertz CT molecular complexity index is 753. The van der Waals surface area contributed by atoms with E-state index in [1.165, 1.54) is 12.1 Å². The van der Waals surface area contributed by atoms with Crippen molar-refractivity contribution in [1.82, 2.24) is 15.5 Å². The summed E-state index contributed by atoms with van der Waals surface area (Å²) >= 11 is 0. The molecule has 0 spiro atoms. The van der Waals surface area contributed by atoms with E-state index in [1.54, 1.807) is 20.8 Å². The van der Waals surface area contributed by atoms with Gasteiger partial charge in [-0.05, 0) is 38.5 Å². The second-order valence-electron chi connectivity index (χ2n) is 6.18. The van der Waals surface area contributed by atoms with Gasteiger partial charge in [-0.1, -0.05) is 17.2 Å². The van der Waals surface area contributed by atoms with Gasteiger partial charge in [-0.15, -0.1) is 5.10 Å². The van der Waals surface area contributed by atoms with Crippen LogP contribution in [0, 0.1) is 0 Å². The summed E-state index contributed by atoms with van der Waals surface area (Å²) in [6.45, 7) is 4.95. The zero-order valence-electron chi connectivity index (χ0n) is 13.7. The number of aromatic nitrogens is 2. The molecule has 0 aliphatic rings. The number of alkyl halides is 3. The molecule has 0 bridgehead atoms. The number of alkyl carbamates (subject to hydrolysis) is 1. The highest BCUT2D eigenvalue weighted by Crippen LogP contribution is 2.32. The van der Waals surface area contributed by atoms with E-state index in [4.69, 9.17) is 14.9 Å². The van der Waals surface area contributed by atoms with Crippen molar-refractivity contribution in [2.45, 2.75) is 38.6 Å². The Hall–Kier alpha value is -2.78. The zero-order valence-corrected chi connectivity index (χ0v) is 13.7. The third-order valence-electron chi connectivity index (χ3n) is 2.91. The fourth-order valence-electron chi connectivity index (χ4n) is 1.97. The molecule has 25 heavy (non-hydrogen) atoms. The van der Waals surface area contributed by atoms with Crippen LogP contribution in [0.1, 0.15) is 43.8 Å². The maximum atomic E-state index is 12.9. The molecule has 1 amide bonds. The lowest BCUT2D eigenvalue weighted by atomic mass is 10.0. The summed E-state index contributed by atoms with van der Waals surface area (Å²) in [6.07, 6.45) is -5.40. The van der Waals surface area contributed by atoms with Gasteiger partial charge in [-0.25, -0.2) is 4.79 Å². The Morgan fingerprint density at radius 2 is 1.96 bits per heavy atom. The molecule has 2 aromatic rings. The lowest BCUT2D eigenvalue weighted by molar-refractivity contribution is -0.137. The fraction of sp³-hybridized carbons (Fsp3) is 0.400. The Morgan fingerprint density at radius 1 is 1.28 bits per heavy atom. The fourth-order valence-corrected chi connectivity index (χ4v) is 1.97. The molecular formula is C15H17F3N4O3. The van der Waals surface area contributed by atoms with Gasteiger partial charge in [0.05, 0.1) is 5.56 Å². The molecule has 0 saturated heterocycles. The molecule has 0 aliphatic carbocycles.